The molecule has 4 rings (SSSR count). The number of esters is 1. The van der Waals surface area contributed by atoms with Gasteiger partial charge in [-0.15, -0.1) is 11.3 Å². The van der Waals surface area contributed by atoms with Gasteiger partial charge in [-0.3, -0.25) is 4.79 Å². The van der Waals surface area contributed by atoms with Crippen LogP contribution in [0.25, 0.3) is 10.2 Å². The highest BCUT2D eigenvalue weighted by Crippen LogP contribution is 2.39. The number of aryl methyl sites for hydroxylation is 2. The lowest BCUT2D eigenvalue weighted by molar-refractivity contribution is -0.140. The number of anilines is 1. The molecule has 0 spiro atoms. The lowest BCUT2D eigenvalue weighted by atomic mass is 9.97. The molecule has 2 aromatic rings. The van der Waals surface area contributed by atoms with Crippen molar-refractivity contribution < 1.29 is 9.53 Å². The summed E-state index contributed by atoms with van der Waals surface area (Å²) >= 11 is 3.09. The minimum absolute atomic E-state index is 0.0277. The third-order valence-electron chi connectivity index (χ3n) is 4.20. The molecule has 1 aliphatic carbocycles. The summed E-state index contributed by atoms with van der Waals surface area (Å²) in [6.45, 7) is 1.91. The molecule has 0 unspecified atom stereocenters. The summed E-state index contributed by atoms with van der Waals surface area (Å²) < 4.78 is 5.19. The number of aromatic nitrogens is 2. The van der Waals surface area contributed by atoms with E-state index in [0.717, 1.165) is 23.1 Å². The zero-order valence-electron chi connectivity index (χ0n) is 12.3. The second kappa shape index (κ2) is 5.38. The number of nitrogens with zero attached hydrogens (tertiary/aromatic N) is 2. The number of hydrogen-bond acceptors (Lipinski definition) is 7. The second-order valence-electron chi connectivity index (χ2n) is 5.87. The number of carbonyl (C=O) groups excluding carboxylic acids is 1. The van der Waals surface area contributed by atoms with E-state index in [1.54, 1.807) is 11.3 Å². The molecule has 2 aliphatic rings. The van der Waals surface area contributed by atoms with Gasteiger partial charge in [0.2, 0.25) is 0 Å². The number of hydrogen-bond donors (Lipinski definition) is 1. The molecule has 0 saturated carbocycles. The maximum atomic E-state index is 11.8. The first-order valence-electron chi connectivity index (χ1n) is 7.56. The van der Waals surface area contributed by atoms with Crippen molar-refractivity contribution in [2.24, 2.45) is 0 Å². The van der Waals surface area contributed by atoms with E-state index in [9.17, 15) is 4.79 Å². The van der Waals surface area contributed by atoms with Gasteiger partial charge in [0.25, 0.3) is 0 Å². The summed E-state index contributed by atoms with van der Waals surface area (Å²) in [5.41, 5.74) is 7.53. The molecule has 1 fully saturated rings. The van der Waals surface area contributed by atoms with E-state index in [4.69, 9.17) is 10.5 Å². The Balaban J connectivity index is 1.70. The summed E-state index contributed by atoms with van der Waals surface area (Å²) in [5, 5.41) is 1.40. The van der Waals surface area contributed by atoms with Gasteiger partial charge in [-0.2, -0.15) is 0 Å². The van der Waals surface area contributed by atoms with E-state index in [1.165, 1.54) is 35.0 Å². The van der Waals surface area contributed by atoms with Gasteiger partial charge in [0.15, 0.2) is 5.16 Å². The highest BCUT2D eigenvalue weighted by atomic mass is 32.2. The summed E-state index contributed by atoms with van der Waals surface area (Å²) in [6, 6.07) is 0. The minimum Gasteiger partial charge on any atom is -0.462 e. The summed E-state index contributed by atoms with van der Waals surface area (Å²) in [7, 11) is 0. The van der Waals surface area contributed by atoms with Gasteiger partial charge in [-0.05, 0) is 38.2 Å². The van der Waals surface area contributed by atoms with Crippen LogP contribution in [0.15, 0.2) is 5.16 Å². The van der Waals surface area contributed by atoms with Crippen molar-refractivity contribution in [2.75, 3.05) is 5.73 Å². The SMILES string of the molecule is C[C@H]1C[C@H](Sc2nc(N)c3c4c(sc3n2)CCCC4)C(=O)O1. The molecule has 7 heteroatoms. The van der Waals surface area contributed by atoms with Gasteiger partial charge < -0.3 is 10.5 Å². The number of cyclic esters (lactones) is 1. The zero-order valence-corrected chi connectivity index (χ0v) is 13.9. The molecule has 1 saturated heterocycles. The fourth-order valence-corrected chi connectivity index (χ4v) is 5.56. The molecule has 0 aromatic carbocycles. The Morgan fingerprint density at radius 2 is 2.14 bits per heavy atom. The first-order chi connectivity index (χ1) is 10.6. The molecule has 22 heavy (non-hydrogen) atoms. The predicted octanol–water partition coefficient (Wildman–Crippen LogP) is 2.95. The normalized spacial score (nSPS) is 24.5. The summed E-state index contributed by atoms with van der Waals surface area (Å²) in [4.78, 5) is 23.2. The van der Waals surface area contributed by atoms with Crippen molar-refractivity contribution in [1.29, 1.82) is 0 Å². The zero-order chi connectivity index (χ0) is 15.3. The van der Waals surface area contributed by atoms with Gasteiger partial charge in [0.1, 0.15) is 22.0 Å². The lowest BCUT2D eigenvalue weighted by Gasteiger charge is -2.11. The van der Waals surface area contributed by atoms with Crippen LogP contribution in [-0.4, -0.2) is 27.3 Å². The Bertz CT molecular complexity index is 759. The van der Waals surface area contributed by atoms with Gasteiger partial charge in [0.05, 0.1) is 5.39 Å². The number of fused-ring (bicyclic) bond motifs is 3. The van der Waals surface area contributed by atoms with E-state index in [0.29, 0.717) is 17.4 Å². The average Bonchev–Trinajstić information content (AvgIpc) is 2.99. The molecular weight excluding hydrogens is 318 g/mol. The molecule has 2 N–H and O–H groups in total. The van der Waals surface area contributed by atoms with Gasteiger partial charge >= 0.3 is 5.97 Å². The third kappa shape index (κ3) is 2.36. The van der Waals surface area contributed by atoms with E-state index in [-0.39, 0.29) is 17.3 Å². The molecule has 0 amide bonds. The smallest absolute Gasteiger partial charge is 0.319 e. The number of rotatable bonds is 2. The molecule has 2 atom stereocenters. The van der Waals surface area contributed by atoms with Crippen molar-refractivity contribution >= 4 is 45.1 Å². The van der Waals surface area contributed by atoms with Gasteiger partial charge in [-0.25, -0.2) is 9.97 Å². The van der Waals surface area contributed by atoms with Gasteiger partial charge in [-0.1, -0.05) is 11.8 Å². The van der Waals surface area contributed by atoms with Crippen LogP contribution in [0.2, 0.25) is 0 Å². The first kappa shape index (κ1) is 14.3. The average molecular weight is 335 g/mol. The Morgan fingerprint density at radius 3 is 2.91 bits per heavy atom. The quantitative estimate of drug-likeness (QED) is 0.671. The molecule has 1 aliphatic heterocycles. The Labute approximate surface area is 136 Å². The highest BCUT2D eigenvalue weighted by Gasteiger charge is 2.33. The van der Waals surface area contributed by atoms with Crippen molar-refractivity contribution in [3.05, 3.63) is 10.4 Å². The molecular formula is C15H17N3O2S2. The highest BCUT2D eigenvalue weighted by molar-refractivity contribution is 8.00. The van der Waals surface area contributed by atoms with Crippen LogP contribution >= 0.6 is 23.1 Å². The van der Waals surface area contributed by atoms with E-state index in [1.807, 2.05) is 6.92 Å². The largest absolute Gasteiger partial charge is 0.462 e. The Kier molecular flexibility index (Phi) is 3.49. The predicted molar refractivity (Wildman–Crippen MR) is 88.3 cm³/mol. The van der Waals surface area contributed by atoms with Gasteiger partial charge in [0, 0.05) is 11.3 Å². The number of nitrogen functional groups attached to an aromatic ring is 1. The number of thiophene rings is 1. The monoisotopic (exact) mass is 335 g/mol. The molecule has 0 bridgehead atoms. The van der Waals surface area contributed by atoms with E-state index >= 15 is 0 Å². The Morgan fingerprint density at radius 1 is 1.32 bits per heavy atom. The summed E-state index contributed by atoms with van der Waals surface area (Å²) in [5.74, 6) is 0.372. The first-order valence-corrected chi connectivity index (χ1v) is 9.26. The molecule has 0 radical (unpaired) electrons. The molecule has 116 valence electrons. The van der Waals surface area contributed by atoms with E-state index in [2.05, 4.69) is 9.97 Å². The second-order valence-corrected chi connectivity index (χ2v) is 8.13. The van der Waals surface area contributed by atoms with Crippen LogP contribution in [-0.2, 0) is 22.4 Å². The minimum atomic E-state index is -0.221. The van der Waals surface area contributed by atoms with Crippen molar-refractivity contribution in [2.45, 2.75) is 55.5 Å². The van der Waals surface area contributed by atoms with E-state index < -0.39 is 0 Å². The van der Waals surface area contributed by atoms with Crippen LogP contribution in [0.1, 0.15) is 36.6 Å². The maximum Gasteiger partial charge on any atom is 0.319 e. The number of ether oxygens (including phenoxy) is 1. The topological polar surface area (TPSA) is 78.1 Å². The van der Waals surface area contributed by atoms with Crippen LogP contribution < -0.4 is 5.73 Å². The lowest BCUT2D eigenvalue weighted by Crippen LogP contribution is -2.10. The van der Waals surface area contributed by atoms with Crippen molar-refractivity contribution in [1.82, 2.24) is 9.97 Å². The standard InChI is InChI=1S/C15H17N3O2S2/c1-7-6-10(14(19)20-7)22-15-17-12(16)11-8-4-2-3-5-9(8)21-13(11)18-15/h7,10H,2-6H2,1H3,(H2,16,17,18)/t7-,10-/m0/s1. The summed E-state index contributed by atoms with van der Waals surface area (Å²) in [6.07, 6.45) is 5.31. The molecule has 2 aromatic heterocycles. The van der Waals surface area contributed by atoms with Crippen LogP contribution in [0.3, 0.4) is 0 Å². The van der Waals surface area contributed by atoms with Crippen molar-refractivity contribution in [3.8, 4) is 0 Å². The molecule has 5 nitrogen and oxygen atoms in total. The fourth-order valence-electron chi connectivity index (χ4n) is 3.16. The Hall–Kier alpha value is -1.34. The van der Waals surface area contributed by atoms with Crippen LogP contribution in [0.4, 0.5) is 5.82 Å². The number of carbonyl (C=O) groups is 1. The third-order valence-corrected chi connectivity index (χ3v) is 6.44. The van der Waals surface area contributed by atoms with Crippen LogP contribution in [0.5, 0.6) is 0 Å². The number of nitrogens with two attached hydrogens (primary N) is 1. The fraction of sp³-hybridized carbons (Fsp3) is 0.533. The van der Waals surface area contributed by atoms with Crippen molar-refractivity contribution in [3.63, 3.8) is 0 Å². The molecule has 3 heterocycles. The van der Waals surface area contributed by atoms with Crippen LogP contribution in [0, 0.1) is 0 Å². The maximum absolute atomic E-state index is 11.8. The number of thioether (sulfide) groups is 1.